The van der Waals surface area contributed by atoms with E-state index in [9.17, 15) is 0 Å². The second kappa shape index (κ2) is 5.32. The normalized spacial score (nSPS) is 10.2. The summed E-state index contributed by atoms with van der Waals surface area (Å²) in [6.45, 7) is 3.89. The van der Waals surface area contributed by atoms with Crippen LogP contribution in [0.1, 0.15) is 11.1 Å². The highest BCUT2D eigenvalue weighted by molar-refractivity contribution is 9.10. The average Bonchev–Trinajstić information content (AvgIpc) is 2.35. The minimum Gasteiger partial charge on any atom is -0.437 e. The number of benzene rings is 1. The first-order valence-corrected chi connectivity index (χ1v) is 6.13. The van der Waals surface area contributed by atoms with Crippen LogP contribution < -0.4 is 16.0 Å². The van der Waals surface area contributed by atoms with Crippen molar-refractivity contribution in [3.8, 4) is 11.6 Å². The molecule has 0 saturated heterocycles. The molecule has 2 rings (SSSR count). The van der Waals surface area contributed by atoms with Crippen LogP contribution >= 0.6 is 15.9 Å². The summed E-state index contributed by atoms with van der Waals surface area (Å²) in [7, 11) is 0. The zero-order valence-electron chi connectivity index (χ0n) is 10.1. The van der Waals surface area contributed by atoms with Gasteiger partial charge < -0.3 is 4.74 Å². The monoisotopic (exact) mass is 308 g/mol. The van der Waals surface area contributed by atoms with Crippen LogP contribution in [0.4, 0.5) is 5.95 Å². The Hall–Kier alpha value is -1.66. The van der Waals surface area contributed by atoms with Crippen LogP contribution in [-0.2, 0) is 0 Å². The molecule has 0 bridgehead atoms. The second-order valence-electron chi connectivity index (χ2n) is 3.86. The number of aryl methyl sites for hydroxylation is 2. The summed E-state index contributed by atoms with van der Waals surface area (Å²) >= 11 is 3.46. The standard InChI is InChI=1S/C12H13BrN4O/c1-7-3-4-10(9(13)5-7)18-11-8(2)6-15-12(16-11)17-14/h3-6H,14H2,1-2H3,(H,15,16,17). The molecule has 94 valence electrons. The number of halogens is 1. The zero-order chi connectivity index (χ0) is 13.1. The van der Waals surface area contributed by atoms with Crippen molar-refractivity contribution in [3.63, 3.8) is 0 Å². The molecule has 0 aliphatic heterocycles. The fourth-order valence-electron chi connectivity index (χ4n) is 1.39. The summed E-state index contributed by atoms with van der Waals surface area (Å²) in [5.41, 5.74) is 4.38. The highest BCUT2D eigenvalue weighted by Gasteiger charge is 2.08. The lowest BCUT2D eigenvalue weighted by Gasteiger charge is -2.10. The molecule has 5 nitrogen and oxygen atoms in total. The number of rotatable bonds is 3. The number of hydrogen-bond acceptors (Lipinski definition) is 5. The van der Waals surface area contributed by atoms with Crippen molar-refractivity contribution in [3.05, 3.63) is 40.0 Å². The van der Waals surface area contributed by atoms with Crippen molar-refractivity contribution in [2.45, 2.75) is 13.8 Å². The predicted octanol–water partition coefficient (Wildman–Crippen LogP) is 2.93. The summed E-state index contributed by atoms with van der Waals surface area (Å²) in [5.74, 6) is 6.76. The van der Waals surface area contributed by atoms with E-state index < -0.39 is 0 Å². The Bertz CT molecular complexity index is 574. The molecule has 1 aromatic carbocycles. The van der Waals surface area contributed by atoms with E-state index in [-0.39, 0.29) is 0 Å². The number of hydrogen-bond donors (Lipinski definition) is 2. The Morgan fingerprint density at radius 3 is 2.78 bits per heavy atom. The summed E-state index contributed by atoms with van der Waals surface area (Å²) in [4.78, 5) is 8.16. The number of hydrazine groups is 1. The molecule has 1 aromatic heterocycles. The smallest absolute Gasteiger partial charge is 0.240 e. The number of nitrogens with two attached hydrogens (primary N) is 1. The molecule has 0 aliphatic carbocycles. The van der Waals surface area contributed by atoms with Gasteiger partial charge in [0, 0.05) is 11.8 Å². The molecule has 0 spiro atoms. The van der Waals surface area contributed by atoms with Gasteiger partial charge in [-0.1, -0.05) is 6.07 Å². The van der Waals surface area contributed by atoms with Crippen molar-refractivity contribution in [1.29, 1.82) is 0 Å². The van der Waals surface area contributed by atoms with E-state index in [0.717, 1.165) is 15.6 Å². The molecule has 6 heteroatoms. The molecule has 0 saturated carbocycles. The molecule has 0 radical (unpaired) electrons. The number of nitrogens with zero attached hydrogens (tertiary/aromatic N) is 2. The topological polar surface area (TPSA) is 73.1 Å². The van der Waals surface area contributed by atoms with Crippen LogP contribution in [0.3, 0.4) is 0 Å². The van der Waals surface area contributed by atoms with E-state index in [2.05, 4.69) is 31.3 Å². The van der Waals surface area contributed by atoms with Gasteiger partial charge in [-0.05, 0) is 47.5 Å². The molecule has 0 fully saturated rings. The van der Waals surface area contributed by atoms with Gasteiger partial charge in [-0.2, -0.15) is 4.98 Å². The van der Waals surface area contributed by atoms with Crippen LogP contribution in [-0.4, -0.2) is 9.97 Å². The van der Waals surface area contributed by atoms with Gasteiger partial charge in [0.1, 0.15) is 5.75 Å². The molecular formula is C12H13BrN4O. The fourth-order valence-corrected chi connectivity index (χ4v) is 1.97. The first kappa shape index (κ1) is 12.8. The second-order valence-corrected chi connectivity index (χ2v) is 4.72. The first-order valence-electron chi connectivity index (χ1n) is 5.34. The summed E-state index contributed by atoms with van der Waals surface area (Å²) in [5, 5.41) is 0. The van der Waals surface area contributed by atoms with Crippen LogP contribution in [0.2, 0.25) is 0 Å². The SMILES string of the molecule is Cc1ccc(Oc2nc(NN)ncc2C)c(Br)c1. The molecule has 18 heavy (non-hydrogen) atoms. The third-order valence-corrected chi connectivity index (χ3v) is 2.97. The lowest BCUT2D eigenvalue weighted by molar-refractivity contribution is 0.455. The molecule has 1 heterocycles. The minimum atomic E-state index is 0.318. The van der Waals surface area contributed by atoms with Crippen LogP contribution in [0, 0.1) is 13.8 Å². The Kier molecular flexibility index (Phi) is 3.78. The van der Waals surface area contributed by atoms with Crippen LogP contribution in [0.5, 0.6) is 11.6 Å². The molecule has 3 N–H and O–H groups in total. The predicted molar refractivity (Wildman–Crippen MR) is 73.5 cm³/mol. The summed E-state index contributed by atoms with van der Waals surface area (Å²) < 4.78 is 6.62. The van der Waals surface area contributed by atoms with Gasteiger partial charge in [0.15, 0.2) is 0 Å². The van der Waals surface area contributed by atoms with E-state index in [4.69, 9.17) is 10.6 Å². The van der Waals surface area contributed by atoms with Crippen molar-refractivity contribution in [1.82, 2.24) is 9.97 Å². The van der Waals surface area contributed by atoms with Gasteiger partial charge in [0.05, 0.1) is 4.47 Å². The van der Waals surface area contributed by atoms with E-state index in [0.29, 0.717) is 17.6 Å². The Morgan fingerprint density at radius 2 is 2.11 bits per heavy atom. The number of nitrogens with one attached hydrogen (secondary N) is 1. The minimum absolute atomic E-state index is 0.318. The molecule has 0 unspecified atom stereocenters. The van der Waals surface area contributed by atoms with Crippen molar-refractivity contribution >= 4 is 21.9 Å². The Labute approximate surface area is 113 Å². The van der Waals surface area contributed by atoms with Gasteiger partial charge in [0.2, 0.25) is 11.8 Å². The molecule has 0 aliphatic rings. The molecule has 0 atom stereocenters. The lowest BCUT2D eigenvalue weighted by Crippen LogP contribution is -2.11. The number of anilines is 1. The van der Waals surface area contributed by atoms with Gasteiger partial charge in [-0.15, -0.1) is 0 Å². The van der Waals surface area contributed by atoms with E-state index in [1.165, 1.54) is 0 Å². The maximum atomic E-state index is 5.74. The maximum Gasteiger partial charge on any atom is 0.240 e. The van der Waals surface area contributed by atoms with E-state index in [1.807, 2.05) is 32.0 Å². The van der Waals surface area contributed by atoms with Crippen molar-refractivity contribution in [2.24, 2.45) is 5.84 Å². The van der Waals surface area contributed by atoms with E-state index in [1.54, 1.807) is 6.20 Å². The molecular weight excluding hydrogens is 296 g/mol. The quantitative estimate of drug-likeness (QED) is 0.673. The van der Waals surface area contributed by atoms with Crippen molar-refractivity contribution < 1.29 is 4.74 Å². The average molecular weight is 309 g/mol. The fraction of sp³-hybridized carbons (Fsp3) is 0.167. The molecule has 2 aromatic rings. The highest BCUT2D eigenvalue weighted by atomic mass is 79.9. The van der Waals surface area contributed by atoms with Crippen LogP contribution in [0.25, 0.3) is 0 Å². The van der Waals surface area contributed by atoms with E-state index >= 15 is 0 Å². The lowest BCUT2D eigenvalue weighted by atomic mass is 10.2. The third-order valence-electron chi connectivity index (χ3n) is 2.35. The zero-order valence-corrected chi connectivity index (χ0v) is 11.7. The molecule has 0 amide bonds. The van der Waals surface area contributed by atoms with Gasteiger partial charge in [-0.25, -0.2) is 10.8 Å². The van der Waals surface area contributed by atoms with Crippen LogP contribution in [0.15, 0.2) is 28.9 Å². The Balaban J connectivity index is 2.33. The van der Waals surface area contributed by atoms with Gasteiger partial charge in [-0.3, -0.25) is 5.43 Å². The van der Waals surface area contributed by atoms with Gasteiger partial charge in [0.25, 0.3) is 0 Å². The highest BCUT2D eigenvalue weighted by Crippen LogP contribution is 2.30. The number of ether oxygens (including phenoxy) is 1. The number of nitrogen functional groups attached to an aromatic ring is 1. The number of aromatic nitrogens is 2. The largest absolute Gasteiger partial charge is 0.437 e. The van der Waals surface area contributed by atoms with Gasteiger partial charge >= 0.3 is 0 Å². The first-order chi connectivity index (χ1) is 8.60. The third kappa shape index (κ3) is 2.77. The maximum absolute atomic E-state index is 5.74. The summed E-state index contributed by atoms with van der Waals surface area (Å²) in [6, 6.07) is 5.84. The van der Waals surface area contributed by atoms with Crippen molar-refractivity contribution in [2.75, 3.05) is 5.43 Å². The Morgan fingerprint density at radius 1 is 1.33 bits per heavy atom. The summed E-state index contributed by atoms with van der Waals surface area (Å²) in [6.07, 6.45) is 1.65.